The Balaban J connectivity index is 2.05. The zero-order valence-electron chi connectivity index (χ0n) is 16.7. The van der Waals surface area contributed by atoms with Crippen molar-refractivity contribution in [1.82, 2.24) is 0 Å². The van der Waals surface area contributed by atoms with Crippen LogP contribution in [0, 0.1) is 0 Å². The van der Waals surface area contributed by atoms with E-state index >= 15 is 0 Å². The zero-order chi connectivity index (χ0) is 23.1. The van der Waals surface area contributed by atoms with Gasteiger partial charge in [0.2, 0.25) is 0 Å². The van der Waals surface area contributed by atoms with Crippen molar-refractivity contribution >= 4 is 49.3 Å². The summed E-state index contributed by atoms with van der Waals surface area (Å²) in [7, 11) is -5.90. The van der Waals surface area contributed by atoms with E-state index in [9.17, 15) is 26.2 Å². The molecule has 1 aliphatic rings. The van der Waals surface area contributed by atoms with Gasteiger partial charge in [-0.1, -0.05) is 12.1 Å². The summed E-state index contributed by atoms with van der Waals surface area (Å²) in [6, 6.07) is 9.75. The Hall–Kier alpha value is -3.06. The normalized spacial score (nSPS) is 16.0. The molecule has 2 aromatic carbocycles. The minimum absolute atomic E-state index is 0.192. The van der Waals surface area contributed by atoms with E-state index in [1.165, 1.54) is 0 Å². The van der Waals surface area contributed by atoms with Gasteiger partial charge < -0.3 is 4.90 Å². The summed E-state index contributed by atoms with van der Waals surface area (Å²) >= 11 is 0. The Morgan fingerprint density at radius 1 is 0.968 bits per heavy atom. The number of hydrogen-bond acceptors (Lipinski definition) is 7. The molecule has 2 N–H and O–H groups in total. The number of rotatable bonds is 5. The van der Waals surface area contributed by atoms with Gasteiger partial charge in [-0.2, -0.15) is 26.9 Å². The standard InChI is InChI=1S/C19H19N3O7S2/c1-12-16(10-13-4-6-14(7-5-13)21(2)3)19(23)22(20-12)17-9-8-15(30(24,25)26)11-18(17)31(27,28)29/h4-11H,1-3H3,(H,24,25,26)(H,27,28,29)/b16-10-. The maximum Gasteiger partial charge on any atom is 0.296 e. The molecule has 0 bridgehead atoms. The van der Waals surface area contributed by atoms with Crippen LogP contribution in [0.1, 0.15) is 12.5 Å². The van der Waals surface area contributed by atoms with Crippen molar-refractivity contribution < 1.29 is 30.7 Å². The van der Waals surface area contributed by atoms with Crippen LogP contribution in [-0.2, 0) is 25.0 Å². The van der Waals surface area contributed by atoms with Gasteiger partial charge in [0.05, 0.1) is 21.9 Å². The Labute approximate surface area is 179 Å². The fourth-order valence-corrected chi connectivity index (χ4v) is 4.20. The molecule has 0 radical (unpaired) electrons. The molecule has 0 spiro atoms. The van der Waals surface area contributed by atoms with Crippen LogP contribution in [0.2, 0.25) is 0 Å². The second kappa shape index (κ2) is 7.89. The lowest BCUT2D eigenvalue weighted by Crippen LogP contribution is -2.23. The molecule has 2 aromatic rings. The van der Waals surface area contributed by atoms with Crippen LogP contribution in [0.5, 0.6) is 0 Å². The molecule has 10 nitrogen and oxygen atoms in total. The predicted molar refractivity (Wildman–Crippen MR) is 115 cm³/mol. The van der Waals surface area contributed by atoms with Crippen LogP contribution in [0.15, 0.2) is 62.9 Å². The van der Waals surface area contributed by atoms with Gasteiger partial charge in [0.15, 0.2) is 0 Å². The number of hydrogen-bond donors (Lipinski definition) is 2. The van der Waals surface area contributed by atoms with Crippen LogP contribution in [0.3, 0.4) is 0 Å². The Kier molecular flexibility index (Phi) is 5.76. The van der Waals surface area contributed by atoms with Gasteiger partial charge >= 0.3 is 0 Å². The molecule has 0 aromatic heterocycles. The average Bonchev–Trinajstić information content (AvgIpc) is 2.94. The first-order valence-corrected chi connectivity index (χ1v) is 11.6. The Morgan fingerprint density at radius 2 is 1.58 bits per heavy atom. The average molecular weight is 466 g/mol. The number of amides is 1. The van der Waals surface area contributed by atoms with Gasteiger partial charge in [0.25, 0.3) is 26.1 Å². The molecular weight excluding hydrogens is 446 g/mol. The van der Waals surface area contributed by atoms with Crippen molar-refractivity contribution in [2.24, 2.45) is 5.10 Å². The van der Waals surface area contributed by atoms with E-state index in [0.717, 1.165) is 22.8 Å². The van der Waals surface area contributed by atoms with E-state index in [-0.39, 0.29) is 11.3 Å². The topological polar surface area (TPSA) is 145 Å². The first kappa shape index (κ1) is 22.6. The SMILES string of the molecule is CC1=NN(c2ccc(S(=O)(=O)O)cc2S(=O)(=O)O)C(=O)/C1=C\c1ccc(N(C)C)cc1. The van der Waals surface area contributed by atoms with Gasteiger partial charge in [-0.3, -0.25) is 13.9 Å². The van der Waals surface area contributed by atoms with Crippen molar-refractivity contribution in [3.8, 4) is 0 Å². The van der Waals surface area contributed by atoms with Crippen LogP contribution in [0.4, 0.5) is 11.4 Å². The summed E-state index contributed by atoms with van der Waals surface area (Å²) in [6.07, 6.45) is 1.58. The molecule has 12 heteroatoms. The summed E-state index contributed by atoms with van der Waals surface area (Å²) in [4.78, 5) is 13.2. The molecule has 1 aliphatic heterocycles. The number of hydrazone groups is 1. The Morgan fingerprint density at radius 3 is 2.10 bits per heavy atom. The van der Waals surface area contributed by atoms with E-state index in [2.05, 4.69) is 5.10 Å². The largest absolute Gasteiger partial charge is 0.378 e. The maximum absolute atomic E-state index is 12.9. The van der Waals surface area contributed by atoms with E-state index < -0.39 is 35.9 Å². The number of anilines is 2. The van der Waals surface area contributed by atoms with Crippen molar-refractivity contribution in [2.75, 3.05) is 24.0 Å². The number of carbonyl (C=O) groups excluding carboxylic acids is 1. The molecule has 0 fully saturated rings. The molecule has 0 saturated heterocycles. The first-order valence-electron chi connectivity index (χ1n) is 8.77. The van der Waals surface area contributed by atoms with Gasteiger partial charge in [-0.15, -0.1) is 0 Å². The molecule has 0 aliphatic carbocycles. The quantitative estimate of drug-likeness (QED) is 0.504. The van der Waals surface area contributed by atoms with Crippen molar-refractivity contribution in [1.29, 1.82) is 0 Å². The van der Waals surface area contributed by atoms with Crippen molar-refractivity contribution in [3.63, 3.8) is 0 Å². The summed E-state index contributed by atoms with van der Waals surface area (Å²) in [6.45, 7) is 1.55. The van der Waals surface area contributed by atoms with E-state index in [1.807, 2.05) is 31.1 Å². The third-order valence-electron chi connectivity index (χ3n) is 4.52. The summed E-state index contributed by atoms with van der Waals surface area (Å²) in [5.74, 6) is -0.668. The predicted octanol–water partition coefficient (Wildman–Crippen LogP) is 2.05. The van der Waals surface area contributed by atoms with E-state index in [1.54, 1.807) is 25.1 Å². The molecular formula is C19H19N3O7S2. The highest BCUT2D eigenvalue weighted by atomic mass is 32.2. The third-order valence-corrected chi connectivity index (χ3v) is 6.25. The van der Waals surface area contributed by atoms with Gasteiger partial charge in [-0.05, 0) is 48.9 Å². The maximum atomic E-state index is 12.9. The highest BCUT2D eigenvalue weighted by molar-refractivity contribution is 7.86. The van der Waals surface area contributed by atoms with Crippen molar-refractivity contribution in [3.05, 3.63) is 53.6 Å². The minimum Gasteiger partial charge on any atom is -0.378 e. The van der Waals surface area contributed by atoms with Gasteiger partial charge in [0, 0.05) is 19.8 Å². The second-order valence-corrected chi connectivity index (χ2v) is 9.74. The summed E-state index contributed by atoms with van der Waals surface area (Å²) in [5, 5.41) is 4.82. The smallest absolute Gasteiger partial charge is 0.296 e. The van der Waals surface area contributed by atoms with Crippen molar-refractivity contribution in [2.45, 2.75) is 16.7 Å². The lowest BCUT2D eigenvalue weighted by Gasteiger charge is -2.15. The molecule has 164 valence electrons. The first-order chi connectivity index (χ1) is 14.3. The van der Waals surface area contributed by atoms with Crippen LogP contribution in [-0.4, -0.2) is 51.7 Å². The molecule has 31 heavy (non-hydrogen) atoms. The van der Waals surface area contributed by atoms with Crippen LogP contribution >= 0.6 is 0 Å². The number of carbonyl (C=O) groups is 1. The van der Waals surface area contributed by atoms with E-state index in [0.29, 0.717) is 17.3 Å². The fraction of sp³-hybridized carbons (Fsp3) is 0.158. The van der Waals surface area contributed by atoms with E-state index in [4.69, 9.17) is 4.55 Å². The van der Waals surface area contributed by atoms with Crippen LogP contribution < -0.4 is 9.91 Å². The summed E-state index contributed by atoms with van der Waals surface area (Å²) in [5.41, 5.74) is 1.80. The summed E-state index contributed by atoms with van der Waals surface area (Å²) < 4.78 is 65.0. The van der Waals surface area contributed by atoms with Crippen LogP contribution in [0.25, 0.3) is 6.08 Å². The lowest BCUT2D eigenvalue weighted by atomic mass is 10.1. The third kappa shape index (κ3) is 4.66. The highest BCUT2D eigenvalue weighted by Gasteiger charge is 2.33. The molecule has 0 saturated carbocycles. The zero-order valence-corrected chi connectivity index (χ0v) is 18.3. The van der Waals surface area contributed by atoms with Gasteiger partial charge in [0.1, 0.15) is 4.90 Å². The molecule has 1 amide bonds. The minimum atomic E-state index is -4.95. The second-order valence-electron chi connectivity index (χ2n) is 6.93. The molecule has 3 rings (SSSR count). The highest BCUT2D eigenvalue weighted by Crippen LogP contribution is 2.32. The lowest BCUT2D eigenvalue weighted by molar-refractivity contribution is -0.114. The Bertz CT molecular complexity index is 1330. The number of benzene rings is 2. The molecule has 0 atom stereocenters. The molecule has 1 heterocycles. The van der Waals surface area contributed by atoms with Gasteiger partial charge in [-0.25, -0.2) is 0 Å². The monoisotopic (exact) mass is 465 g/mol. The number of nitrogens with zero attached hydrogens (tertiary/aromatic N) is 3. The molecule has 0 unspecified atom stereocenters. The fourth-order valence-electron chi connectivity index (χ4n) is 2.92.